The smallest absolute Gasteiger partial charge is 0.240 e. The molecule has 2 heterocycles. The molecule has 0 aliphatic rings. The van der Waals surface area contributed by atoms with Crippen molar-refractivity contribution in [3.63, 3.8) is 0 Å². The lowest BCUT2D eigenvalue weighted by Gasteiger charge is -2.10. The number of sulfonamides is 1. The summed E-state index contributed by atoms with van der Waals surface area (Å²) in [7, 11) is -3.67. The summed E-state index contributed by atoms with van der Waals surface area (Å²) < 4.78 is 33.9. The van der Waals surface area contributed by atoms with E-state index >= 15 is 0 Å². The largest absolute Gasteiger partial charge is 0.457 e. The van der Waals surface area contributed by atoms with Crippen molar-refractivity contribution in [2.45, 2.75) is 18.4 Å². The van der Waals surface area contributed by atoms with Crippen LogP contribution in [0.4, 0.5) is 0 Å². The quantitative estimate of drug-likeness (QED) is 0.458. The van der Waals surface area contributed by atoms with Gasteiger partial charge in [0.1, 0.15) is 11.5 Å². The van der Waals surface area contributed by atoms with Crippen LogP contribution in [-0.2, 0) is 16.6 Å². The van der Waals surface area contributed by atoms with Gasteiger partial charge in [0.15, 0.2) is 0 Å². The van der Waals surface area contributed by atoms with Crippen molar-refractivity contribution in [1.29, 1.82) is 0 Å². The summed E-state index contributed by atoms with van der Waals surface area (Å²) in [5.41, 5.74) is 3.50. The predicted molar refractivity (Wildman–Crippen MR) is 119 cm³/mol. The number of aryl methyl sites for hydroxylation is 1. The molecule has 0 atom stereocenters. The molecular weight excluding hydrogens is 410 g/mol. The number of benzene rings is 2. The number of hydrogen-bond acceptors (Lipinski definition) is 5. The van der Waals surface area contributed by atoms with E-state index in [0.29, 0.717) is 5.75 Å². The third-order valence-electron chi connectivity index (χ3n) is 4.72. The highest BCUT2D eigenvalue weighted by molar-refractivity contribution is 7.89. The average molecular weight is 432 g/mol. The van der Waals surface area contributed by atoms with Crippen molar-refractivity contribution in [3.05, 3.63) is 103 Å². The first-order valence-corrected chi connectivity index (χ1v) is 11.2. The summed E-state index contributed by atoms with van der Waals surface area (Å²) in [5, 5.41) is 0. The van der Waals surface area contributed by atoms with E-state index in [9.17, 15) is 8.42 Å². The zero-order valence-electron chi connectivity index (χ0n) is 16.9. The molecule has 7 heteroatoms. The normalized spacial score (nSPS) is 11.3. The Kier molecular flexibility index (Phi) is 6.06. The van der Waals surface area contributed by atoms with Gasteiger partial charge in [0.05, 0.1) is 10.6 Å². The molecule has 2 aromatic heterocycles. The molecule has 0 unspecified atom stereocenters. The topological polar surface area (TPSA) is 81.2 Å². The summed E-state index contributed by atoms with van der Waals surface area (Å²) in [4.78, 5) is 8.52. The Morgan fingerprint density at radius 2 is 1.65 bits per heavy atom. The van der Waals surface area contributed by atoms with E-state index in [-0.39, 0.29) is 11.4 Å². The fourth-order valence-corrected chi connectivity index (χ4v) is 4.03. The molecule has 0 radical (unpaired) electrons. The SMILES string of the molecule is Cc1ccccc1Oc1ccc(S(=O)(=O)NCc2ccnc(-c3ccncc3)c2)cc1. The Morgan fingerprint density at radius 1 is 0.903 bits per heavy atom. The van der Waals surface area contributed by atoms with Gasteiger partial charge in [0.2, 0.25) is 10.0 Å². The summed E-state index contributed by atoms with van der Waals surface area (Å²) in [6.07, 6.45) is 5.05. The lowest BCUT2D eigenvalue weighted by atomic mass is 10.1. The highest BCUT2D eigenvalue weighted by Crippen LogP contribution is 2.25. The van der Waals surface area contributed by atoms with Gasteiger partial charge < -0.3 is 4.74 Å². The number of pyridine rings is 2. The van der Waals surface area contributed by atoms with Crippen molar-refractivity contribution < 1.29 is 13.2 Å². The highest BCUT2D eigenvalue weighted by atomic mass is 32.2. The standard InChI is InChI=1S/C24H21N3O3S/c1-18-4-2-3-5-24(18)30-21-6-8-22(9-7-21)31(28,29)27-17-19-10-15-26-23(16-19)20-11-13-25-14-12-20/h2-16,27H,17H2,1H3. The number of nitrogens with zero attached hydrogens (tertiary/aromatic N) is 2. The molecule has 0 bridgehead atoms. The lowest BCUT2D eigenvalue weighted by Crippen LogP contribution is -2.23. The maximum Gasteiger partial charge on any atom is 0.240 e. The summed E-state index contributed by atoms with van der Waals surface area (Å²) in [6, 6.07) is 21.4. The number of hydrogen-bond donors (Lipinski definition) is 1. The molecule has 4 aromatic rings. The molecule has 1 N–H and O–H groups in total. The van der Waals surface area contributed by atoms with Gasteiger partial charge >= 0.3 is 0 Å². The van der Waals surface area contributed by atoms with Crippen LogP contribution in [0.25, 0.3) is 11.3 Å². The van der Waals surface area contributed by atoms with Gasteiger partial charge in [-0.25, -0.2) is 13.1 Å². The van der Waals surface area contributed by atoms with E-state index in [1.807, 2.05) is 49.4 Å². The van der Waals surface area contributed by atoms with E-state index in [1.165, 1.54) is 12.1 Å². The van der Waals surface area contributed by atoms with Crippen LogP contribution in [0.5, 0.6) is 11.5 Å². The van der Waals surface area contributed by atoms with Crippen LogP contribution in [0.3, 0.4) is 0 Å². The van der Waals surface area contributed by atoms with Gasteiger partial charge in [-0.15, -0.1) is 0 Å². The highest BCUT2D eigenvalue weighted by Gasteiger charge is 2.14. The Labute approximate surface area is 181 Å². The molecule has 156 valence electrons. The molecule has 0 amide bonds. The van der Waals surface area contributed by atoms with Gasteiger partial charge in [-0.3, -0.25) is 9.97 Å². The maximum atomic E-state index is 12.7. The van der Waals surface area contributed by atoms with Crippen LogP contribution in [0.2, 0.25) is 0 Å². The Hall–Kier alpha value is -3.55. The van der Waals surface area contributed by atoms with Gasteiger partial charge in [-0.1, -0.05) is 18.2 Å². The van der Waals surface area contributed by atoms with Crippen molar-refractivity contribution in [2.24, 2.45) is 0 Å². The third kappa shape index (κ3) is 5.14. The Balaban J connectivity index is 1.44. The van der Waals surface area contributed by atoms with E-state index in [0.717, 1.165) is 28.1 Å². The number of ether oxygens (including phenoxy) is 1. The van der Waals surface area contributed by atoms with Crippen LogP contribution in [0.15, 0.2) is 96.3 Å². The van der Waals surface area contributed by atoms with Crippen LogP contribution >= 0.6 is 0 Å². The lowest BCUT2D eigenvalue weighted by molar-refractivity contribution is 0.478. The van der Waals surface area contributed by atoms with Crippen molar-refractivity contribution in [3.8, 4) is 22.8 Å². The summed E-state index contributed by atoms with van der Waals surface area (Å²) in [6.45, 7) is 2.11. The molecule has 0 saturated heterocycles. The monoisotopic (exact) mass is 431 g/mol. The third-order valence-corrected chi connectivity index (χ3v) is 6.14. The minimum atomic E-state index is -3.67. The van der Waals surface area contributed by atoms with Crippen LogP contribution < -0.4 is 9.46 Å². The molecule has 0 spiro atoms. The molecule has 0 saturated carbocycles. The van der Waals surface area contributed by atoms with Crippen LogP contribution in [0.1, 0.15) is 11.1 Å². The molecule has 0 fully saturated rings. The minimum Gasteiger partial charge on any atom is -0.457 e. The van der Waals surface area contributed by atoms with Crippen LogP contribution in [-0.4, -0.2) is 18.4 Å². The first kappa shape index (κ1) is 20.7. The number of aromatic nitrogens is 2. The Bertz CT molecular complexity index is 1270. The summed E-state index contributed by atoms with van der Waals surface area (Å²) >= 11 is 0. The van der Waals surface area contributed by atoms with E-state index < -0.39 is 10.0 Å². The van der Waals surface area contributed by atoms with Crippen molar-refractivity contribution >= 4 is 10.0 Å². The molecule has 4 rings (SSSR count). The van der Waals surface area contributed by atoms with Crippen LogP contribution in [0, 0.1) is 6.92 Å². The van der Waals surface area contributed by atoms with Gasteiger partial charge in [0, 0.05) is 30.7 Å². The molecule has 6 nitrogen and oxygen atoms in total. The molecule has 0 aliphatic heterocycles. The number of para-hydroxylation sites is 1. The average Bonchev–Trinajstić information content (AvgIpc) is 2.80. The molecular formula is C24H21N3O3S. The van der Waals surface area contributed by atoms with Gasteiger partial charge in [-0.05, 0) is 72.6 Å². The number of nitrogens with one attached hydrogen (secondary N) is 1. The molecule has 0 aliphatic carbocycles. The summed E-state index contributed by atoms with van der Waals surface area (Å²) in [5.74, 6) is 1.31. The van der Waals surface area contributed by atoms with Crippen molar-refractivity contribution in [1.82, 2.24) is 14.7 Å². The second-order valence-corrected chi connectivity index (χ2v) is 8.72. The molecule has 31 heavy (non-hydrogen) atoms. The minimum absolute atomic E-state index is 0.157. The zero-order valence-corrected chi connectivity index (χ0v) is 17.7. The predicted octanol–water partition coefficient (Wildman–Crippen LogP) is 4.72. The van der Waals surface area contributed by atoms with E-state index in [2.05, 4.69) is 14.7 Å². The van der Waals surface area contributed by atoms with Crippen molar-refractivity contribution in [2.75, 3.05) is 0 Å². The second-order valence-electron chi connectivity index (χ2n) is 6.95. The van der Waals surface area contributed by atoms with Gasteiger partial charge in [-0.2, -0.15) is 0 Å². The second kappa shape index (κ2) is 9.07. The molecule has 2 aromatic carbocycles. The zero-order chi connectivity index (χ0) is 21.7. The maximum absolute atomic E-state index is 12.7. The first-order valence-electron chi connectivity index (χ1n) is 9.70. The first-order chi connectivity index (χ1) is 15.0. The fourth-order valence-electron chi connectivity index (χ4n) is 3.01. The van der Waals surface area contributed by atoms with E-state index in [4.69, 9.17) is 4.74 Å². The van der Waals surface area contributed by atoms with E-state index in [1.54, 1.807) is 36.8 Å². The number of rotatable bonds is 7. The van der Waals surface area contributed by atoms with Gasteiger partial charge in [0.25, 0.3) is 0 Å². The Morgan fingerprint density at radius 3 is 2.39 bits per heavy atom. The fraction of sp³-hybridized carbons (Fsp3) is 0.0833.